The van der Waals surface area contributed by atoms with E-state index in [9.17, 15) is 4.79 Å². The average molecular weight is 210 g/mol. The number of aromatic nitrogens is 2. The molecule has 0 aliphatic carbocycles. The van der Waals surface area contributed by atoms with Crippen molar-refractivity contribution in [2.45, 2.75) is 33.7 Å². The highest BCUT2D eigenvalue weighted by Gasteiger charge is 2.19. The van der Waals surface area contributed by atoms with Gasteiger partial charge in [-0.15, -0.1) is 0 Å². The van der Waals surface area contributed by atoms with E-state index in [-0.39, 0.29) is 11.8 Å². The normalized spacial score (nSPS) is 12.9. The van der Waals surface area contributed by atoms with Crippen LogP contribution in [-0.4, -0.2) is 22.1 Å². The summed E-state index contributed by atoms with van der Waals surface area (Å²) in [4.78, 5) is 11.7. The number of aromatic amines is 1. The van der Waals surface area contributed by atoms with Crippen molar-refractivity contribution in [1.29, 1.82) is 0 Å². The van der Waals surface area contributed by atoms with E-state index in [1.54, 1.807) is 0 Å². The zero-order valence-electron chi connectivity index (χ0n) is 9.59. The van der Waals surface area contributed by atoms with Gasteiger partial charge in [-0.1, -0.05) is 13.8 Å². The minimum absolute atomic E-state index is 0.123. The first-order valence-corrected chi connectivity index (χ1v) is 5.01. The van der Waals surface area contributed by atoms with Crippen LogP contribution in [0.15, 0.2) is 0 Å². The molecule has 0 saturated heterocycles. The number of nitrogens with two attached hydrogens (primary N) is 1. The molecule has 4 N–H and O–H groups in total. The summed E-state index contributed by atoms with van der Waals surface area (Å²) in [5.74, 6) is -0.0462. The third kappa shape index (κ3) is 2.56. The summed E-state index contributed by atoms with van der Waals surface area (Å²) >= 11 is 0. The molecular weight excluding hydrogens is 192 g/mol. The number of carbonyl (C=O) groups excluding carboxylic acids is 1. The second-order valence-electron chi connectivity index (χ2n) is 4.07. The monoisotopic (exact) mass is 210 g/mol. The van der Waals surface area contributed by atoms with E-state index in [1.807, 2.05) is 27.7 Å². The van der Waals surface area contributed by atoms with Crippen molar-refractivity contribution < 1.29 is 4.79 Å². The number of nitrogens with zero attached hydrogens (tertiary/aromatic N) is 1. The Kier molecular flexibility index (Phi) is 3.47. The van der Waals surface area contributed by atoms with E-state index >= 15 is 0 Å². The summed E-state index contributed by atoms with van der Waals surface area (Å²) < 4.78 is 0. The lowest BCUT2D eigenvalue weighted by molar-refractivity contribution is -0.118. The number of nitrogens with one attached hydrogen (secondary N) is 2. The van der Waals surface area contributed by atoms with E-state index in [2.05, 4.69) is 15.5 Å². The Bertz CT molecular complexity index is 337. The molecule has 0 aliphatic rings. The molecule has 1 rings (SSSR count). The lowest BCUT2D eigenvalue weighted by Crippen LogP contribution is -2.39. The maximum Gasteiger partial charge on any atom is 0.241 e. The van der Waals surface area contributed by atoms with Crippen molar-refractivity contribution in [3.8, 4) is 0 Å². The Morgan fingerprint density at radius 3 is 2.47 bits per heavy atom. The zero-order valence-corrected chi connectivity index (χ0v) is 9.59. The molecule has 0 unspecified atom stereocenters. The molecule has 84 valence electrons. The van der Waals surface area contributed by atoms with Gasteiger partial charge in [-0.05, 0) is 19.8 Å². The van der Waals surface area contributed by atoms with Gasteiger partial charge in [0, 0.05) is 0 Å². The molecule has 5 nitrogen and oxygen atoms in total. The number of H-pyrrole nitrogens is 1. The van der Waals surface area contributed by atoms with Crippen molar-refractivity contribution in [2.75, 3.05) is 5.32 Å². The van der Waals surface area contributed by atoms with Gasteiger partial charge in [0.05, 0.1) is 23.1 Å². The van der Waals surface area contributed by atoms with Gasteiger partial charge in [0.1, 0.15) is 0 Å². The zero-order chi connectivity index (χ0) is 11.6. The van der Waals surface area contributed by atoms with Crippen LogP contribution in [-0.2, 0) is 4.79 Å². The van der Waals surface area contributed by atoms with E-state index in [4.69, 9.17) is 5.73 Å². The van der Waals surface area contributed by atoms with Gasteiger partial charge >= 0.3 is 0 Å². The maximum absolute atomic E-state index is 11.7. The molecule has 5 heteroatoms. The molecular formula is C10H18N4O. The van der Waals surface area contributed by atoms with Crippen LogP contribution in [0.25, 0.3) is 0 Å². The molecule has 1 amide bonds. The molecule has 1 heterocycles. The van der Waals surface area contributed by atoms with Crippen molar-refractivity contribution in [2.24, 2.45) is 11.7 Å². The maximum atomic E-state index is 11.7. The predicted octanol–water partition coefficient (Wildman–Crippen LogP) is 0.948. The van der Waals surface area contributed by atoms with E-state index < -0.39 is 6.04 Å². The average Bonchev–Trinajstić information content (AvgIpc) is 2.47. The Labute approximate surface area is 89.4 Å². The Balaban J connectivity index is 2.75. The number of hydrogen-bond donors (Lipinski definition) is 3. The molecule has 0 aromatic carbocycles. The molecule has 1 aromatic heterocycles. The summed E-state index contributed by atoms with van der Waals surface area (Å²) in [6.07, 6.45) is 0. The molecule has 0 fully saturated rings. The Morgan fingerprint density at radius 2 is 2.07 bits per heavy atom. The van der Waals surface area contributed by atoms with Crippen LogP contribution < -0.4 is 11.1 Å². The van der Waals surface area contributed by atoms with Gasteiger partial charge in [0.15, 0.2) is 0 Å². The van der Waals surface area contributed by atoms with Crippen LogP contribution in [0.2, 0.25) is 0 Å². The first-order valence-electron chi connectivity index (χ1n) is 5.01. The van der Waals surface area contributed by atoms with Crippen LogP contribution in [0.5, 0.6) is 0 Å². The van der Waals surface area contributed by atoms with Crippen LogP contribution >= 0.6 is 0 Å². The minimum Gasteiger partial charge on any atom is -0.322 e. The fourth-order valence-electron chi connectivity index (χ4n) is 1.24. The lowest BCUT2D eigenvalue weighted by atomic mass is 10.0. The fraction of sp³-hybridized carbons (Fsp3) is 0.600. The number of carbonyl (C=O) groups is 1. The quantitative estimate of drug-likeness (QED) is 0.694. The summed E-state index contributed by atoms with van der Waals surface area (Å²) in [6.45, 7) is 7.52. The second-order valence-corrected chi connectivity index (χ2v) is 4.07. The van der Waals surface area contributed by atoms with Crippen LogP contribution in [0.1, 0.15) is 25.2 Å². The first kappa shape index (κ1) is 11.7. The SMILES string of the molecule is Cc1n[nH]c(C)c1NC(=O)[C@H](N)C(C)C. The van der Waals surface area contributed by atoms with Crippen molar-refractivity contribution in [3.05, 3.63) is 11.4 Å². The molecule has 1 aromatic rings. The lowest BCUT2D eigenvalue weighted by Gasteiger charge is -2.15. The van der Waals surface area contributed by atoms with Gasteiger partial charge in [0.25, 0.3) is 0 Å². The minimum atomic E-state index is -0.487. The Hall–Kier alpha value is -1.36. The molecule has 0 radical (unpaired) electrons. The number of hydrogen-bond acceptors (Lipinski definition) is 3. The summed E-state index contributed by atoms with van der Waals surface area (Å²) in [5, 5.41) is 9.58. The molecule has 0 spiro atoms. The summed E-state index contributed by atoms with van der Waals surface area (Å²) in [6, 6.07) is -0.487. The van der Waals surface area contributed by atoms with E-state index in [0.29, 0.717) is 0 Å². The van der Waals surface area contributed by atoms with Crippen molar-refractivity contribution in [1.82, 2.24) is 10.2 Å². The van der Waals surface area contributed by atoms with Gasteiger partial charge in [-0.3, -0.25) is 9.89 Å². The van der Waals surface area contributed by atoms with Gasteiger partial charge in [0.2, 0.25) is 5.91 Å². The van der Waals surface area contributed by atoms with E-state index in [1.165, 1.54) is 0 Å². The van der Waals surface area contributed by atoms with Crippen LogP contribution in [0, 0.1) is 19.8 Å². The number of rotatable bonds is 3. The molecule has 15 heavy (non-hydrogen) atoms. The third-order valence-corrected chi connectivity index (χ3v) is 2.40. The van der Waals surface area contributed by atoms with Crippen molar-refractivity contribution >= 4 is 11.6 Å². The molecule has 1 atom stereocenters. The van der Waals surface area contributed by atoms with Crippen LogP contribution in [0.3, 0.4) is 0 Å². The smallest absolute Gasteiger partial charge is 0.241 e. The highest BCUT2D eigenvalue weighted by Crippen LogP contribution is 2.16. The van der Waals surface area contributed by atoms with Gasteiger partial charge < -0.3 is 11.1 Å². The predicted molar refractivity (Wildman–Crippen MR) is 59.5 cm³/mol. The topological polar surface area (TPSA) is 83.8 Å². The summed E-state index contributed by atoms with van der Waals surface area (Å²) in [5.41, 5.74) is 8.09. The van der Waals surface area contributed by atoms with E-state index in [0.717, 1.165) is 17.1 Å². The van der Waals surface area contributed by atoms with Gasteiger partial charge in [-0.25, -0.2) is 0 Å². The first-order chi connectivity index (χ1) is 6.93. The van der Waals surface area contributed by atoms with Gasteiger partial charge in [-0.2, -0.15) is 5.10 Å². The summed E-state index contributed by atoms with van der Waals surface area (Å²) in [7, 11) is 0. The standard InChI is InChI=1S/C10H18N4O/c1-5(2)8(11)10(15)12-9-6(3)13-14-7(9)4/h5,8H,11H2,1-4H3,(H,12,15)(H,13,14)/t8-/m1/s1. The Morgan fingerprint density at radius 1 is 1.47 bits per heavy atom. The number of anilines is 1. The highest BCUT2D eigenvalue weighted by molar-refractivity contribution is 5.95. The molecule has 0 aliphatic heterocycles. The third-order valence-electron chi connectivity index (χ3n) is 2.40. The second kappa shape index (κ2) is 4.44. The number of aryl methyl sites for hydroxylation is 2. The molecule has 0 saturated carbocycles. The highest BCUT2D eigenvalue weighted by atomic mass is 16.2. The largest absolute Gasteiger partial charge is 0.322 e. The number of amides is 1. The van der Waals surface area contributed by atoms with Crippen molar-refractivity contribution in [3.63, 3.8) is 0 Å². The molecule has 0 bridgehead atoms. The van der Waals surface area contributed by atoms with Crippen LogP contribution in [0.4, 0.5) is 5.69 Å². The fourth-order valence-corrected chi connectivity index (χ4v) is 1.24.